The van der Waals surface area contributed by atoms with Crippen LogP contribution in [0.15, 0.2) is 49.0 Å². The van der Waals surface area contributed by atoms with Crippen molar-refractivity contribution >= 4 is 12.2 Å². The highest BCUT2D eigenvalue weighted by molar-refractivity contribution is 5.69. The van der Waals surface area contributed by atoms with Gasteiger partial charge in [0.05, 0.1) is 0 Å². The topological polar surface area (TPSA) is 35.5 Å². The predicted molar refractivity (Wildman–Crippen MR) is 97.8 cm³/mol. The molecule has 24 heavy (non-hydrogen) atoms. The Kier molecular flexibility index (Phi) is 5.80. The van der Waals surface area contributed by atoms with Crippen molar-refractivity contribution in [2.24, 2.45) is 0 Å². The van der Waals surface area contributed by atoms with Gasteiger partial charge in [0, 0.05) is 0 Å². The van der Waals surface area contributed by atoms with E-state index < -0.39 is 6.16 Å². The third kappa shape index (κ3) is 4.25. The van der Waals surface area contributed by atoms with E-state index in [-0.39, 0.29) is 11.8 Å². The molecular formula is C21H24O3. The Morgan fingerprint density at radius 3 is 1.92 bits per heavy atom. The number of benzene rings is 2. The summed E-state index contributed by atoms with van der Waals surface area (Å²) in [6, 6.07) is 13.1. The lowest BCUT2D eigenvalue weighted by Gasteiger charge is -2.18. The Balaban J connectivity index is 2.22. The Morgan fingerprint density at radius 1 is 0.917 bits per heavy atom. The minimum atomic E-state index is -0.726. The van der Waals surface area contributed by atoms with Gasteiger partial charge < -0.3 is 9.47 Å². The van der Waals surface area contributed by atoms with Crippen molar-refractivity contribution in [3.05, 3.63) is 65.7 Å². The van der Waals surface area contributed by atoms with Crippen molar-refractivity contribution in [1.82, 2.24) is 0 Å². The van der Waals surface area contributed by atoms with Gasteiger partial charge in [-0.2, -0.15) is 0 Å². The summed E-state index contributed by atoms with van der Waals surface area (Å²) in [5.41, 5.74) is 2.96. The molecule has 0 fully saturated rings. The van der Waals surface area contributed by atoms with Crippen LogP contribution in [0.2, 0.25) is 0 Å². The van der Waals surface area contributed by atoms with Crippen LogP contribution in [0.4, 0.5) is 4.79 Å². The summed E-state index contributed by atoms with van der Waals surface area (Å²) in [4.78, 5) is 12.2. The monoisotopic (exact) mass is 324 g/mol. The maximum Gasteiger partial charge on any atom is 0.519 e. The van der Waals surface area contributed by atoms with E-state index in [0.29, 0.717) is 11.5 Å². The molecule has 3 heteroatoms. The van der Waals surface area contributed by atoms with Crippen LogP contribution in [0, 0.1) is 0 Å². The van der Waals surface area contributed by atoms with E-state index in [1.54, 1.807) is 18.2 Å². The normalized spacial score (nSPS) is 10.8. The molecule has 0 aliphatic rings. The summed E-state index contributed by atoms with van der Waals surface area (Å²) in [6.07, 6.45) is 1.01. The van der Waals surface area contributed by atoms with Gasteiger partial charge in [0.25, 0.3) is 0 Å². The minimum absolute atomic E-state index is 0.248. The zero-order valence-corrected chi connectivity index (χ0v) is 14.7. The highest BCUT2D eigenvalue weighted by atomic mass is 16.7. The molecule has 0 saturated carbocycles. The predicted octanol–water partition coefficient (Wildman–Crippen LogP) is 6.15. The van der Waals surface area contributed by atoms with Crippen molar-refractivity contribution in [1.29, 1.82) is 0 Å². The molecule has 0 bridgehead atoms. The summed E-state index contributed by atoms with van der Waals surface area (Å²) >= 11 is 0. The Hall–Kier alpha value is -2.55. The zero-order valence-electron chi connectivity index (χ0n) is 14.7. The lowest BCUT2D eigenvalue weighted by molar-refractivity contribution is 0.150. The molecule has 0 heterocycles. The van der Waals surface area contributed by atoms with E-state index in [4.69, 9.17) is 9.47 Å². The average molecular weight is 324 g/mol. The summed E-state index contributed by atoms with van der Waals surface area (Å²) in [6.45, 7) is 12.0. The first kappa shape index (κ1) is 17.8. The molecule has 0 amide bonds. The number of para-hydroxylation sites is 1. The van der Waals surface area contributed by atoms with Crippen molar-refractivity contribution in [3.63, 3.8) is 0 Å². The molecule has 0 aliphatic heterocycles. The van der Waals surface area contributed by atoms with Gasteiger partial charge in [-0.25, -0.2) is 4.79 Å². The molecular weight excluding hydrogens is 300 g/mol. The molecule has 0 N–H and O–H groups in total. The fourth-order valence-corrected chi connectivity index (χ4v) is 2.47. The van der Waals surface area contributed by atoms with Gasteiger partial charge in [0.15, 0.2) is 0 Å². The van der Waals surface area contributed by atoms with Gasteiger partial charge in [-0.05, 0) is 40.7 Å². The lowest BCUT2D eigenvalue weighted by atomic mass is 9.94. The number of carbonyl (C=O) groups excluding carboxylic acids is 1. The molecule has 126 valence electrons. The first-order valence-corrected chi connectivity index (χ1v) is 8.17. The summed E-state index contributed by atoms with van der Waals surface area (Å²) in [7, 11) is 0. The first-order valence-electron chi connectivity index (χ1n) is 8.17. The highest BCUT2D eigenvalue weighted by Gasteiger charge is 2.19. The minimum Gasteiger partial charge on any atom is -0.395 e. The standard InChI is InChI=1S/C21H24O3/c1-6-16-10-12-17(13-11-16)23-21(22)24-20-18(14(2)3)8-7-9-19(20)15(4)5/h6-15H,1H2,2-5H3. The second-order valence-electron chi connectivity index (χ2n) is 6.30. The maximum absolute atomic E-state index is 12.2. The van der Waals surface area contributed by atoms with Crippen LogP contribution in [-0.4, -0.2) is 6.16 Å². The van der Waals surface area contributed by atoms with Gasteiger partial charge in [-0.3, -0.25) is 0 Å². The van der Waals surface area contributed by atoms with E-state index >= 15 is 0 Å². The third-order valence-corrected chi connectivity index (χ3v) is 3.82. The highest BCUT2D eigenvalue weighted by Crippen LogP contribution is 2.34. The van der Waals surface area contributed by atoms with Crippen LogP contribution in [-0.2, 0) is 0 Å². The van der Waals surface area contributed by atoms with Crippen LogP contribution in [0.3, 0.4) is 0 Å². The second kappa shape index (κ2) is 7.82. The van der Waals surface area contributed by atoms with E-state index in [1.165, 1.54) is 0 Å². The Bertz CT molecular complexity index is 686. The number of rotatable bonds is 5. The summed E-state index contributed by atoms with van der Waals surface area (Å²) < 4.78 is 10.9. The third-order valence-electron chi connectivity index (χ3n) is 3.82. The molecule has 0 radical (unpaired) electrons. The average Bonchev–Trinajstić information content (AvgIpc) is 2.55. The molecule has 2 aromatic carbocycles. The molecule has 3 nitrogen and oxygen atoms in total. The van der Waals surface area contributed by atoms with E-state index in [2.05, 4.69) is 34.3 Å². The molecule has 0 aromatic heterocycles. The fraction of sp³-hybridized carbons (Fsp3) is 0.286. The van der Waals surface area contributed by atoms with Gasteiger partial charge >= 0.3 is 6.16 Å². The van der Waals surface area contributed by atoms with E-state index in [9.17, 15) is 4.79 Å². The SMILES string of the molecule is C=Cc1ccc(OC(=O)Oc2c(C(C)C)cccc2C(C)C)cc1. The number of hydrogen-bond donors (Lipinski definition) is 0. The van der Waals surface area contributed by atoms with Crippen molar-refractivity contribution in [3.8, 4) is 11.5 Å². The van der Waals surface area contributed by atoms with Crippen molar-refractivity contribution in [2.45, 2.75) is 39.5 Å². The van der Waals surface area contributed by atoms with Crippen LogP contribution in [0.25, 0.3) is 6.08 Å². The van der Waals surface area contributed by atoms with Gasteiger partial charge in [0.1, 0.15) is 11.5 Å². The maximum atomic E-state index is 12.2. The summed E-state index contributed by atoms with van der Waals surface area (Å²) in [5.74, 6) is 1.55. The fourth-order valence-electron chi connectivity index (χ4n) is 2.47. The van der Waals surface area contributed by atoms with Crippen molar-refractivity contribution in [2.75, 3.05) is 0 Å². The second-order valence-corrected chi connectivity index (χ2v) is 6.30. The molecule has 2 rings (SSSR count). The van der Waals surface area contributed by atoms with Gasteiger partial charge in [-0.1, -0.05) is 70.7 Å². The Labute approximate surface area is 143 Å². The number of hydrogen-bond acceptors (Lipinski definition) is 3. The molecule has 0 atom stereocenters. The smallest absolute Gasteiger partial charge is 0.395 e. The largest absolute Gasteiger partial charge is 0.519 e. The van der Waals surface area contributed by atoms with Crippen molar-refractivity contribution < 1.29 is 14.3 Å². The van der Waals surface area contributed by atoms with Gasteiger partial charge in [0.2, 0.25) is 0 Å². The Morgan fingerprint density at radius 2 is 1.46 bits per heavy atom. The van der Waals surface area contributed by atoms with Crippen LogP contribution >= 0.6 is 0 Å². The summed E-state index contributed by atoms with van der Waals surface area (Å²) in [5, 5.41) is 0. The molecule has 0 aliphatic carbocycles. The molecule has 0 spiro atoms. The van der Waals surface area contributed by atoms with Crippen LogP contribution in [0.1, 0.15) is 56.2 Å². The molecule has 0 unspecified atom stereocenters. The quantitative estimate of drug-likeness (QED) is 0.488. The molecule has 0 saturated heterocycles. The number of ether oxygens (including phenoxy) is 2. The van der Waals surface area contributed by atoms with Gasteiger partial charge in [-0.15, -0.1) is 0 Å². The van der Waals surface area contributed by atoms with E-state index in [1.807, 2.05) is 30.3 Å². The van der Waals surface area contributed by atoms with E-state index in [0.717, 1.165) is 16.7 Å². The first-order chi connectivity index (χ1) is 11.4. The molecule has 2 aromatic rings. The lowest BCUT2D eigenvalue weighted by Crippen LogP contribution is -2.16. The van der Waals surface area contributed by atoms with Crippen LogP contribution in [0.5, 0.6) is 11.5 Å². The van der Waals surface area contributed by atoms with Crippen LogP contribution < -0.4 is 9.47 Å². The number of carbonyl (C=O) groups is 1. The zero-order chi connectivity index (χ0) is 17.7.